The van der Waals surface area contributed by atoms with E-state index in [2.05, 4.69) is 57.5 Å². The molecule has 4 heterocycles. The van der Waals surface area contributed by atoms with Crippen LogP contribution in [0.5, 0.6) is 0 Å². The summed E-state index contributed by atoms with van der Waals surface area (Å²) in [5.74, 6) is 0.768. The Hall–Kier alpha value is -4.06. The molecule has 5 aromatic rings. The number of imidazole rings is 1. The van der Waals surface area contributed by atoms with Crippen molar-refractivity contribution in [2.24, 2.45) is 0 Å². The molecule has 0 aliphatic heterocycles. The minimum atomic E-state index is -0.136. The van der Waals surface area contributed by atoms with Crippen LogP contribution in [-0.2, 0) is 13.0 Å². The summed E-state index contributed by atoms with van der Waals surface area (Å²) in [7, 11) is 0. The molecule has 6 heteroatoms. The Morgan fingerprint density at radius 3 is 2.73 bits per heavy atom. The molecule has 1 N–H and O–H groups in total. The van der Waals surface area contributed by atoms with E-state index in [1.165, 1.54) is 0 Å². The first kappa shape index (κ1) is 20.8. The van der Waals surface area contributed by atoms with Crippen molar-refractivity contribution in [3.63, 3.8) is 0 Å². The first-order valence-electron chi connectivity index (χ1n) is 11.0. The topological polar surface area (TPSA) is 72.2 Å². The van der Waals surface area contributed by atoms with Gasteiger partial charge in [0.15, 0.2) is 0 Å². The second-order valence-corrected chi connectivity index (χ2v) is 8.50. The minimum Gasteiger partial charge on any atom is -0.346 e. The number of amides is 1. The maximum absolute atomic E-state index is 12.9. The van der Waals surface area contributed by atoms with E-state index in [0.29, 0.717) is 18.5 Å². The fraction of sp³-hybridized carbons (Fsp3) is 0.185. The highest BCUT2D eigenvalue weighted by atomic mass is 16.1. The maximum Gasteiger partial charge on any atom is 0.251 e. The molecule has 0 aliphatic carbocycles. The van der Waals surface area contributed by atoms with Gasteiger partial charge in [-0.3, -0.25) is 14.8 Å². The summed E-state index contributed by atoms with van der Waals surface area (Å²) in [4.78, 5) is 26.4. The zero-order valence-electron chi connectivity index (χ0n) is 19.0. The lowest BCUT2D eigenvalue weighted by atomic mass is 10.0. The zero-order chi connectivity index (χ0) is 22.9. The molecule has 4 aromatic heterocycles. The zero-order valence-corrected chi connectivity index (χ0v) is 19.0. The van der Waals surface area contributed by atoms with E-state index in [4.69, 9.17) is 0 Å². The van der Waals surface area contributed by atoms with Crippen molar-refractivity contribution in [2.75, 3.05) is 0 Å². The Morgan fingerprint density at radius 1 is 0.970 bits per heavy atom. The molecule has 0 spiro atoms. The molecule has 0 saturated heterocycles. The summed E-state index contributed by atoms with van der Waals surface area (Å²) < 4.78 is 2.04. The Kier molecular flexibility index (Phi) is 5.34. The third kappa shape index (κ3) is 4.32. The third-order valence-corrected chi connectivity index (χ3v) is 5.81. The quantitative estimate of drug-likeness (QED) is 0.433. The van der Waals surface area contributed by atoms with Gasteiger partial charge in [-0.25, -0.2) is 4.98 Å². The summed E-state index contributed by atoms with van der Waals surface area (Å²) in [6.07, 6.45) is 6.23. The van der Waals surface area contributed by atoms with E-state index in [9.17, 15) is 4.79 Å². The van der Waals surface area contributed by atoms with Crippen LogP contribution in [0.4, 0.5) is 0 Å². The van der Waals surface area contributed by atoms with E-state index < -0.39 is 0 Å². The first-order chi connectivity index (χ1) is 16.0. The van der Waals surface area contributed by atoms with Crippen molar-refractivity contribution < 1.29 is 4.79 Å². The molecule has 0 saturated carbocycles. The number of nitrogens with one attached hydrogen (secondary N) is 1. The summed E-state index contributed by atoms with van der Waals surface area (Å²) in [5.41, 5.74) is 7.72. The summed E-state index contributed by atoms with van der Waals surface area (Å²) in [5, 5.41) is 4.12. The first-order valence-corrected chi connectivity index (χ1v) is 11.0. The van der Waals surface area contributed by atoms with E-state index in [1.54, 1.807) is 12.3 Å². The largest absolute Gasteiger partial charge is 0.346 e. The van der Waals surface area contributed by atoms with Gasteiger partial charge in [-0.05, 0) is 79.9 Å². The van der Waals surface area contributed by atoms with E-state index in [-0.39, 0.29) is 5.91 Å². The van der Waals surface area contributed by atoms with E-state index in [0.717, 1.165) is 50.3 Å². The predicted molar refractivity (Wildman–Crippen MR) is 129 cm³/mol. The summed E-state index contributed by atoms with van der Waals surface area (Å²) in [6, 6.07) is 16.1. The van der Waals surface area contributed by atoms with Crippen molar-refractivity contribution in [1.82, 2.24) is 24.7 Å². The number of hydrogen-bond donors (Lipinski definition) is 1. The lowest BCUT2D eigenvalue weighted by molar-refractivity contribution is 0.0950. The highest BCUT2D eigenvalue weighted by molar-refractivity contribution is 5.94. The SMILES string of the molecule is Cc1cnc2ccc(Cc3cc(C(=O)NCc4nc(C)n5ccc(C)cc45)ccn3)cc2c1. The van der Waals surface area contributed by atoms with E-state index >= 15 is 0 Å². The van der Waals surface area contributed by atoms with Gasteiger partial charge in [0, 0.05) is 41.7 Å². The van der Waals surface area contributed by atoms with Crippen molar-refractivity contribution in [3.05, 3.63) is 107 Å². The van der Waals surface area contributed by atoms with Crippen molar-refractivity contribution in [2.45, 2.75) is 33.7 Å². The van der Waals surface area contributed by atoms with Gasteiger partial charge in [-0.15, -0.1) is 0 Å². The fourth-order valence-electron chi connectivity index (χ4n) is 4.14. The molecule has 0 aliphatic rings. The average molecular weight is 436 g/mol. The molecule has 1 amide bonds. The van der Waals surface area contributed by atoms with Crippen LogP contribution in [-0.4, -0.2) is 25.3 Å². The van der Waals surface area contributed by atoms with Crippen molar-refractivity contribution in [3.8, 4) is 0 Å². The lowest BCUT2D eigenvalue weighted by Gasteiger charge is -2.07. The monoisotopic (exact) mass is 435 g/mol. The Bertz CT molecular complexity index is 1500. The molecule has 5 rings (SSSR count). The smallest absolute Gasteiger partial charge is 0.251 e. The molecule has 0 unspecified atom stereocenters. The molecular weight excluding hydrogens is 410 g/mol. The number of rotatable bonds is 5. The number of nitrogens with zero attached hydrogens (tertiary/aromatic N) is 4. The molecule has 6 nitrogen and oxygen atoms in total. The second kappa shape index (κ2) is 8.47. The van der Waals surface area contributed by atoms with Crippen LogP contribution in [0.15, 0.2) is 67.1 Å². The number of carbonyl (C=O) groups is 1. The van der Waals surface area contributed by atoms with Crippen LogP contribution in [0.2, 0.25) is 0 Å². The Balaban J connectivity index is 1.32. The maximum atomic E-state index is 12.9. The number of carbonyl (C=O) groups excluding carboxylic acids is 1. The van der Waals surface area contributed by atoms with Crippen LogP contribution in [0.25, 0.3) is 16.4 Å². The molecule has 1 aromatic carbocycles. The van der Waals surface area contributed by atoms with Gasteiger partial charge in [0.25, 0.3) is 5.91 Å². The lowest BCUT2D eigenvalue weighted by Crippen LogP contribution is -2.23. The van der Waals surface area contributed by atoms with E-state index in [1.807, 2.05) is 42.8 Å². The fourth-order valence-corrected chi connectivity index (χ4v) is 4.14. The van der Waals surface area contributed by atoms with Crippen LogP contribution < -0.4 is 5.32 Å². The number of pyridine rings is 3. The highest BCUT2D eigenvalue weighted by Crippen LogP contribution is 2.18. The second-order valence-electron chi connectivity index (χ2n) is 8.50. The molecular formula is C27H25N5O. The van der Waals surface area contributed by atoms with Gasteiger partial charge in [-0.2, -0.15) is 0 Å². The van der Waals surface area contributed by atoms with Crippen molar-refractivity contribution >= 4 is 22.3 Å². The molecule has 0 bridgehead atoms. The van der Waals surface area contributed by atoms with Gasteiger partial charge in [0.1, 0.15) is 5.82 Å². The summed E-state index contributed by atoms with van der Waals surface area (Å²) >= 11 is 0. The van der Waals surface area contributed by atoms with Gasteiger partial charge in [0.2, 0.25) is 0 Å². The molecule has 0 atom stereocenters. The number of benzene rings is 1. The molecule has 33 heavy (non-hydrogen) atoms. The molecule has 0 radical (unpaired) electrons. The van der Waals surface area contributed by atoms with Gasteiger partial charge in [0.05, 0.1) is 23.3 Å². The van der Waals surface area contributed by atoms with Crippen LogP contribution in [0.1, 0.15) is 44.3 Å². The van der Waals surface area contributed by atoms with Gasteiger partial charge in [-0.1, -0.05) is 6.07 Å². The number of fused-ring (bicyclic) bond motifs is 2. The summed E-state index contributed by atoms with van der Waals surface area (Å²) in [6.45, 7) is 6.43. The molecule has 0 fully saturated rings. The number of aromatic nitrogens is 4. The molecule has 164 valence electrons. The van der Waals surface area contributed by atoms with Crippen molar-refractivity contribution in [1.29, 1.82) is 0 Å². The number of hydrogen-bond acceptors (Lipinski definition) is 4. The van der Waals surface area contributed by atoms with Gasteiger partial charge >= 0.3 is 0 Å². The average Bonchev–Trinajstić information content (AvgIpc) is 3.12. The van der Waals surface area contributed by atoms with Crippen LogP contribution in [0.3, 0.4) is 0 Å². The van der Waals surface area contributed by atoms with Gasteiger partial charge < -0.3 is 9.72 Å². The normalized spacial score (nSPS) is 11.2. The third-order valence-electron chi connectivity index (χ3n) is 5.81. The van der Waals surface area contributed by atoms with Crippen LogP contribution in [0, 0.1) is 20.8 Å². The van der Waals surface area contributed by atoms with Crippen LogP contribution >= 0.6 is 0 Å². The standard InChI is InChI=1S/C27H25N5O/c1-17-7-9-32-19(3)31-25(26(32)11-17)16-30-27(33)21-6-8-28-23(14-21)13-20-4-5-24-22(12-20)10-18(2)15-29-24/h4-12,14-15H,13,16H2,1-3H3,(H,30,33). The predicted octanol–water partition coefficient (Wildman–Crippen LogP) is 4.72. The Morgan fingerprint density at radius 2 is 1.85 bits per heavy atom. The highest BCUT2D eigenvalue weighted by Gasteiger charge is 2.12. The minimum absolute atomic E-state index is 0.136. The Labute approximate surface area is 192 Å². The number of aryl methyl sites for hydroxylation is 3.